The number of fused-ring (bicyclic) bond motifs is 3. The van der Waals surface area contributed by atoms with E-state index in [2.05, 4.69) is 23.0 Å². The van der Waals surface area contributed by atoms with E-state index < -0.39 is 0 Å². The van der Waals surface area contributed by atoms with Crippen molar-refractivity contribution in [3.05, 3.63) is 53.2 Å². The summed E-state index contributed by atoms with van der Waals surface area (Å²) in [6, 6.07) is 10.1. The summed E-state index contributed by atoms with van der Waals surface area (Å²) in [7, 11) is 1.81. The molecule has 1 aliphatic heterocycles. The fourth-order valence-corrected chi connectivity index (χ4v) is 4.61. The normalized spacial score (nSPS) is 15.8. The molecular formula is C25H29N5O3. The van der Waals surface area contributed by atoms with E-state index in [1.165, 1.54) is 0 Å². The van der Waals surface area contributed by atoms with Crippen molar-refractivity contribution < 1.29 is 9.47 Å². The lowest BCUT2D eigenvalue weighted by molar-refractivity contribution is 0.0697. The van der Waals surface area contributed by atoms with Gasteiger partial charge in [-0.25, -0.2) is 9.78 Å². The number of hydrogen-bond acceptors (Lipinski definition) is 6. The Bertz CT molecular complexity index is 1340. The van der Waals surface area contributed by atoms with Gasteiger partial charge in [-0.2, -0.15) is 0 Å². The maximum absolute atomic E-state index is 13.2. The number of aryl methyl sites for hydroxylation is 1. The van der Waals surface area contributed by atoms with E-state index in [1.54, 1.807) is 17.0 Å². The van der Waals surface area contributed by atoms with Crippen LogP contribution in [0.4, 0.5) is 0 Å². The van der Waals surface area contributed by atoms with Gasteiger partial charge >= 0.3 is 5.69 Å². The van der Waals surface area contributed by atoms with E-state index in [4.69, 9.17) is 15.2 Å². The van der Waals surface area contributed by atoms with Crippen molar-refractivity contribution in [3.8, 4) is 17.0 Å². The van der Waals surface area contributed by atoms with Crippen molar-refractivity contribution in [1.82, 2.24) is 19.1 Å². The van der Waals surface area contributed by atoms with Gasteiger partial charge in [-0.05, 0) is 43.0 Å². The molecule has 0 amide bonds. The molecule has 3 aromatic heterocycles. The van der Waals surface area contributed by atoms with Crippen LogP contribution in [0.3, 0.4) is 0 Å². The lowest BCUT2D eigenvalue weighted by Crippen LogP contribution is -2.29. The van der Waals surface area contributed by atoms with Crippen molar-refractivity contribution in [1.29, 1.82) is 0 Å². The van der Waals surface area contributed by atoms with Crippen LogP contribution in [0.5, 0.6) is 5.88 Å². The Morgan fingerprint density at radius 1 is 1.15 bits per heavy atom. The number of nitrogens with two attached hydrogens (primary N) is 1. The Kier molecular flexibility index (Phi) is 5.86. The van der Waals surface area contributed by atoms with Gasteiger partial charge in [0.1, 0.15) is 6.23 Å². The van der Waals surface area contributed by atoms with Gasteiger partial charge in [0.15, 0.2) is 0 Å². The minimum absolute atomic E-state index is 0.0109. The fourth-order valence-electron chi connectivity index (χ4n) is 4.61. The molecule has 1 fully saturated rings. The lowest BCUT2D eigenvalue weighted by Gasteiger charge is -2.23. The van der Waals surface area contributed by atoms with Gasteiger partial charge < -0.3 is 9.47 Å². The number of ether oxygens (including phenoxy) is 2. The predicted molar refractivity (Wildman–Crippen MR) is 128 cm³/mol. The Morgan fingerprint density at radius 2 is 1.94 bits per heavy atom. The van der Waals surface area contributed by atoms with Crippen LogP contribution in [0.2, 0.25) is 0 Å². The summed E-state index contributed by atoms with van der Waals surface area (Å²) in [5.74, 6) is 0.515. The molecule has 1 aromatic carbocycles. The monoisotopic (exact) mass is 447 g/mol. The molecule has 1 unspecified atom stereocenters. The third-order valence-corrected chi connectivity index (χ3v) is 6.39. The lowest BCUT2D eigenvalue weighted by atomic mass is 10.0. The molecule has 5 rings (SSSR count). The Hall–Kier alpha value is -3.23. The first-order valence-corrected chi connectivity index (χ1v) is 11.5. The number of pyridine rings is 2. The van der Waals surface area contributed by atoms with Gasteiger partial charge in [0.05, 0.1) is 22.7 Å². The second-order valence-electron chi connectivity index (χ2n) is 8.61. The minimum atomic E-state index is -0.353. The molecule has 4 heterocycles. The zero-order chi connectivity index (χ0) is 22.9. The van der Waals surface area contributed by atoms with Crippen LogP contribution in [0, 0.1) is 0 Å². The van der Waals surface area contributed by atoms with Crippen molar-refractivity contribution >= 4 is 21.9 Å². The highest BCUT2D eigenvalue weighted by Gasteiger charge is 2.23. The third kappa shape index (κ3) is 4.00. The van der Waals surface area contributed by atoms with Crippen molar-refractivity contribution in [3.63, 3.8) is 0 Å². The summed E-state index contributed by atoms with van der Waals surface area (Å²) in [6.45, 7) is 3.41. The van der Waals surface area contributed by atoms with E-state index in [1.807, 2.05) is 35.9 Å². The van der Waals surface area contributed by atoms with Gasteiger partial charge in [0, 0.05) is 49.5 Å². The standard InChI is InChI=1S/C25H29N5O3/c1-3-4-22(26)33-23-8-6-17(14-28-23)16-5-7-20-19(13-16)24-21(15-27-20)29(2)25(31)30(24)18-9-11-32-12-10-18/h5-8,13-15,18,22H,3-4,9-12,26H2,1-2H3. The SMILES string of the molecule is CCCC(N)Oc1ccc(-c2ccc3ncc4c(c3c2)n(C2CCOCC2)c(=O)n4C)cn1. The Labute approximate surface area is 192 Å². The summed E-state index contributed by atoms with van der Waals surface area (Å²) < 4.78 is 14.8. The second kappa shape index (κ2) is 8.96. The topological polar surface area (TPSA) is 97.2 Å². The molecule has 0 aliphatic carbocycles. The van der Waals surface area contributed by atoms with Gasteiger partial charge in [-0.15, -0.1) is 0 Å². The molecule has 0 saturated carbocycles. The predicted octanol–water partition coefficient (Wildman–Crippen LogP) is 3.77. The maximum Gasteiger partial charge on any atom is 0.329 e. The maximum atomic E-state index is 13.2. The summed E-state index contributed by atoms with van der Waals surface area (Å²) in [5, 5.41) is 0.958. The first kappa shape index (κ1) is 21.6. The van der Waals surface area contributed by atoms with Crippen LogP contribution in [0.1, 0.15) is 38.6 Å². The average molecular weight is 448 g/mol. The molecule has 4 aromatic rings. The van der Waals surface area contributed by atoms with Gasteiger partial charge in [0.25, 0.3) is 0 Å². The first-order chi connectivity index (χ1) is 16.1. The molecule has 0 spiro atoms. The summed E-state index contributed by atoms with van der Waals surface area (Å²) >= 11 is 0. The van der Waals surface area contributed by atoms with E-state index in [0.717, 1.165) is 58.7 Å². The highest BCUT2D eigenvalue weighted by molar-refractivity contribution is 6.04. The van der Waals surface area contributed by atoms with E-state index >= 15 is 0 Å². The quantitative estimate of drug-likeness (QED) is 0.452. The van der Waals surface area contributed by atoms with E-state index in [-0.39, 0.29) is 18.0 Å². The van der Waals surface area contributed by atoms with Crippen LogP contribution in [-0.2, 0) is 11.8 Å². The average Bonchev–Trinajstić information content (AvgIpc) is 3.10. The molecule has 8 heteroatoms. The molecule has 1 aliphatic rings. The molecule has 0 bridgehead atoms. The third-order valence-electron chi connectivity index (χ3n) is 6.39. The Morgan fingerprint density at radius 3 is 2.67 bits per heavy atom. The molecule has 8 nitrogen and oxygen atoms in total. The largest absolute Gasteiger partial charge is 0.459 e. The first-order valence-electron chi connectivity index (χ1n) is 11.5. The number of nitrogens with zero attached hydrogens (tertiary/aromatic N) is 4. The zero-order valence-corrected chi connectivity index (χ0v) is 19.0. The van der Waals surface area contributed by atoms with Crippen LogP contribution < -0.4 is 16.2 Å². The number of aromatic nitrogens is 4. The van der Waals surface area contributed by atoms with Crippen LogP contribution in [0.25, 0.3) is 33.1 Å². The Balaban J connectivity index is 1.59. The number of benzene rings is 1. The molecule has 172 valence electrons. The second-order valence-corrected chi connectivity index (χ2v) is 8.61. The zero-order valence-electron chi connectivity index (χ0n) is 19.0. The van der Waals surface area contributed by atoms with E-state index in [0.29, 0.717) is 19.1 Å². The number of hydrogen-bond donors (Lipinski definition) is 1. The van der Waals surface area contributed by atoms with Crippen LogP contribution >= 0.6 is 0 Å². The molecule has 0 radical (unpaired) electrons. The highest BCUT2D eigenvalue weighted by Crippen LogP contribution is 2.32. The van der Waals surface area contributed by atoms with Gasteiger partial charge in [0.2, 0.25) is 5.88 Å². The fraction of sp³-hybridized carbons (Fsp3) is 0.400. The van der Waals surface area contributed by atoms with Gasteiger partial charge in [-0.1, -0.05) is 19.4 Å². The molecular weight excluding hydrogens is 418 g/mol. The molecule has 1 atom stereocenters. The molecule has 2 N–H and O–H groups in total. The highest BCUT2D eigenvalue weighted by atomic mass is 16.5. The van der Waals surface area contributed by atoms with Crippen molar-refractivity contribution in [2.24, 2.45) is 12.8 Å². The minimum Gasteiger partial charge on any atom is -0.459 e. The van der Waals surface area contributed by atoms with E-state index in [9.17, 15) is 4.79 Å². The summed E-state index contributed by atoms with van der Waals surface area (Å²) in [4.78, 5) is 22.2. The van der Waals surface area contributed by atoms with Gasteiger partial charge in [-0.3, -0.25) is 19.9 Å². The van der Waals surface area contributed by atoms with Crippen molar-refractivity contribution in [2.75, 3.05) is 13.2 Å². The molecule has 33 heavy (non-hydrogen) atoms. The summed E-state index contributed by atoms with van der Waals surface area (Å²) in [5.41, 5.74) is 10.5. The summed E-state index contributed by atoms with van der Waals surface area (Å²) in [6.07, 6.45) is 6.62. The number of imidazole rings is 1. The van der Waals surface area contributed by atoms with Crippen molar-refractivity contribution in [2.45, 2.75) is 44.9 Å². The van der Waals surface area contributed by atoms with Crippen LogP contribution in [0.15, 0.2) is 47.5 Å². The smallest absolute Gasteiger partial charge is 0.329 e. The molecule has 1 saturated heterocycles. The van der Waals surface area contributed by atoms with Crippen LogP contribution in [-0.4, -0.2) is 38.5 Å². The number of rotatable bonds is 6.